The van der Waals surface area contributed by atoms with Gasteiger partial charge >= 0.3 is 6.03 Å². The van der Waals surface area contributed by atoms with Crippen LogP contribution >= 0.6 is 0 Å². The lowest BCUT2D eigenvalue weighted by Crippen LogP contribution is -2.48. The highest BCUT2D eigenvalue weighted by molar-refractivity contribution is 5.74. The second-order valence-electron chi connectivity index (χ2n) is 5.45. The summed E-state index contributed by atoms with van der Waals surface area (Å²) < 4.78 is 5.30. The van der Waals surface area contributed by atoms with E-state index in [1.807, 2.05) is 4.90 Å². The molecule has 2 fully saturated rings. The molecule has 0 saturated carbocycles. The van der Waals surface area contributed by atoms with Crippen LogP contribution in [0.5, 0.6) is 0 Å². The summed E-state index contributed by atoms with van der Waals surface area (Å²) in [4.78, 5) is 16.4. The molecule has 2 saturated heterocycles. The van der Waals surface area contributed by atoms with Gasteiger partial charge in [-0.05, 0) is 25.2 Å². The third-order valence-electron chi connectivity index (χ3n) is 4.10. The largest absolute Gasteiger partial charge is 0.378 e. The molecule has 0 aromatic carbocycles. The van der Waals surface area contributed by atoms with E-state index in [0.717, 1.165) is 32.1 Å². The predicted octanol–water partition coefficient (Wildman–Crippen LogP) is 2.34. The first-order valence-electron chi connectivity index (χ1n) is 7.43. The number of amides is 2. The van der Waals surface area contributed by atoms with E-state index in [1.54, 1.807) is 0 Å². The highest BCUT2D eigenvalue weighted by Gasteiger charge is 2.25. The molecule has 2 aliphatic heterocycles. The normalized spacial score (nSPS) is 25.9. The maximum absolute atomic E-state index is 12.4. The fraction of sp³-hybridized carbons (Fsp3) is 0.929. The maximum atomic E-state index is 12.4. The topological polar surface area (TPSA) is 32.8 Å². The van der Waals surface area contributed by atoms with Gasteiger partial charge in [0, 0.05) is 26.2 Å². The summed E-state index contributed by atoms with van der Waals surface area (Å²) in [5.74, 6) is 0.831. The van der Waals surface area contributed by atoms with E-state index in [1.165, 1.54) is 32.1 Å². The van der Waals surface area contributed by atoms with Crippen molar-refractivity contribution in [2.45, 2.75) is 39.0 Å². The molecule has 1 unspecified atom stereocenters. The van der Waals surface area contributed by atoms with Crippen molar-refractivity contribution < 1.29 is 9.53 Å². The van der Waals surface area contributed by atoms with Crippen LogP contribution in [0.25, 0.3) is 0 Å². The number of urea groups is 1. The van der Waals surface area contributed by atoms with Crippen molar-refractivity contribution in [2.24, 2.45) is 5.92 Å². The Hall–Kier alpha value is -0.770. The van der Waals surface area contributed by atoms with Gasteiger partial charge in [-0.1, -0.05) is 19.8 Å². The molecule has 2 rings (SSSR count). The van der Waals surface area contributed by atoms with E-state index in [2.05, 4.69) is 11.8 Å². The van der Waals surface area contributed by atoms with E-state index in [9.17, 15) is 4.79 Å². The zero-order valence-electron chi connectivity index (χ0n) is 11.6. The van der Waals surface area contributed by atoms with E-state index in [-0.39, 0.29) is 6.03 Å². The molecule has 0 bridgehead atoms. The summed E-state index contributed by atoms with van der Waals surface area (Å²) in [6.45, 7) is 7.04. The Bertz CT molecular complexity index is 265. The van der Waals surface area contributed by atoms with Crippen molar-refractivity contribution in [1.29, 1.82) is 0 Å². The van der Waals surface area contributed by atoms with Gasteiger partial charge < -0.3 is 14.5 Å². The van der Waals surface area contributed by atoms with Gasteiger partial charge in [-0.2, -0.15) is 0 Å². The van der Waals surface area contributed by atoms with Crippen LogP contribution in [0, 0.1) is 5.92 Å². The fourth-order valence-corrected chi connectivity index (χ4v) is 3.01. The Balaban J connectivity index is 1.82. The molecule has 0 spiro atoms. The molecule has 18 heavy (non-hydrogen) atoms. The first kappa shape index (κ1) is 13.7. The van der Waals surface area contributed by atoms with Crippen LogP contribution in [0.3, 0.4) is 0 Å². The van der Waals surface area contributed by atoms with Gasteiger partial charge in [-0.15, -0.1) is 0 Å². The zero-order chi connectivity index (χ0) is 12.8. The van der Waals surface area contributed by atoms with Crippen molar-refractivity contribution in [3.05, 3.63) is 0 Å². The maximum Gasteiger partial charge on any atom is 0.320 e. The molecule has 4 heteroatoms. The van der Waals surface area contributed by atoms with Crippen LogP contribution in [-0.4, -0.2) is 55.2 Å². The van der Waals surface area contributed by atoms with E-state index >= 15 is 0 Å². The first-order valence-corrected chi connectivity index (χ1v) is 7.43. The van der Waals surface area contributed by atoms with Crippen molar-refractivity contribution in [2.75, 3.05) is 39.4 Å². The molecule has 0 aliphatic carbocycles. The number of rotatable bonds is 2. The lowest BCUT2D eigenvalue weighted by atomic mass is 9.96. The Labute approximate surface area is 110 Å². The zero-order valence-corrected chi connectivity index (χ0v) is 11.6. The van der Waals surface area contributed by atoms with Crippen molar-refractivity contribution >= 4 is 6.03 Å². The second-order valence-corrected chi connectivity index (χ2v) is 5.45. The van der Waals surface area contributed by atoms with Crippen molar-refractivity contribution in [3.8, 4) is 0 Å². The molecule has 0 radical (unpaired) electrons. The highest BCUT2D eigenvalue weighted by Crippen LogP contribution is 2.22. The summed E-state index contributed by atoms with van der Waals surface area (Å²) in [5, 5.41) is 0. The Morgan fingerprint density at radius 1 is 1.11 bits per heavy atom. The minimum absolute atomic E-state index is 0.232. The van der Waals surface area contributed by atoms with Crippen LogP contribution in [0.2, 0.25) is 0 Å². The second kappa shape index (κ2) is 6.98. The standard InChI is InChI=1S/C14H26N2O2/c1-2-4-13-5-3-7-15(8-6-13)14(17)16-9-11-18-12-10-16/h13H,2-12H2,1H3. The average Bonchev–Trinajstić information content (AvgIpc) is 2.65. The first-order chi connectivity index (χ1) is 8.81. The van der Waals surface area contributed by atoms with Gasteiger partial charge in [0.1, 0.15) is 0 Å². The minimum atomic E-state index is 0.232. The smallest absolute Gasteiger partial charge is 0.320 e. The van der Waals surface area contributed by atoms with Gasteiger partial charge in [-0.25, -0.2) is 4.79 Å². The molecule has 104 valence electrons. The van der Waals surface area contributed by atoms with Crippen molar-refractivity contribution in [1.82, 2.24) is 9.80 Å². The average molecular weight is 254 g/mol. The number of nitrogens with zero attached hydrogens (tertiary/aromatic N) is 2. The van der Waals surface area contributed by atoms with E-state index in [0.29, 0.717) is 13.2 Å². The van der Waals surface area contributed by atoms with Crippen LogP contribution in [-0.2, 0) is 4.74 Å². The Kier molecular flexibility index (Phi) is 5.29. The number of carbonyl (C=O) groups is 1. The van der Waals surface area contributed by atoms with E-state index in [4.69, 9.17) is 4.74 Å². The van der Waals surface area contributed by atoms with Gasteiger partial charge in [-0.3, -0.25) is 0 Å². The van der Waals surface area contributed by atoms with Crippen LogP contribution in [0.15, 0.2) is 0 Å². The number of morpholine rings is 1. The molecule has 2 aliphatic rings. The predicted molar refractivity (Wildman–Crippen MR) is 71.6 cm³/mol. The van der Waals surface area contributed by atoms with Crippen molar-refractivity contribution in [3.63, 3.8) is 0 Å². The van der Waals surface area contributed by atoms with Crippen LogP contribution in [0.4, 0.5) is 4.79 Å². The molecular weight excluding hydrogens is 228 g/mol. The summed E-state index contributed by atoms with van der Waals surface area (Å²) >= 11 is 0. The Morgan fingerprint density at radius 3 is 2.56 bits per heavy atom. The minimum Gasteiger partial charge on any atom is -0.378 e. The summed E-state index contributed by atoms with van der Waals surface area (Å²) in [5.41, 5.74) is 0. The lowest BCUT2D eigenvalue weighted by molar-refractivity contribution is 0.0435. The number of hydrogen-bond donors (Lipinski definition) is 0. The molecular formula is C14H26N2O2. The number of ether oxygens (including phenoxy) is 1. The molecule has 1 atom stereocenters. The van der Waals surface area contributed by atoms with Crippen LogP contribution < -0.4 is 0 Å². The van der Waals surface area contributed by atoms with Gasteiger partial charge in [0.15, 0.2) is 0 Å². The molecule has 2 amide bonds. The lowest BCUT2D eigenvalue weighted by Gasteiger charge is -2.32. The van der Waals surface area contributed by atoms with E-state index < -0.39 is 0 Å². The third kappa shape index (κ3) is 3.61. The number of likely N-dealkylation sites (tertiary alicyclic amines) is 1. The number of carbonyl (C=O) groups excluding carboxylic acids is 1. The Morgan fingerprint density at radius 2 is 1.83 bits per heavy atom. The molecule has 0 N–H and O–H groups in total. The van der Waals surface area contributed by atoms with Gasteiger partial charge in [0.25, 0.3) is 0 Å². The third-order valence-corrected chi connectivity index (χ3v) is 4.10. The fourth-order valence-electron chi connectivity index (χ4n) is 3.01. The highest BCUT2D eigenvalue weighted by atomic mass is 16.5. The SMILES string of the molecule is CCCC1CCCN(C(=O)N2CCOCC2)CC1. The quantitative estimate of drug-likeness (QED) is 0.757. The summed E-state index contributed by atoms with van der Waals surface area (Å²) in [6.07, 6.45) is 6.23. The molecule has 0 aromatic rings. The summed E-state index contributed by atoms with van der Waals surface area (Å²) in [6, 6.07) is 0.232. The molecule has 4 nitrogen and oxygen atoms in total. The molecule has 0 aromatic heterocycles. The monoisotopic (exact) mass is 254 g/mol. The van der Waals surface area contributed by atoms with Crippen LogP contribution in [0.1, 0.15) is 39.0 Å². The summed E-state index contributed by atoms with van der Waals surface area (Å²) in [7, 11) is 0. The van der Waals surface area contributed by atoms with Gasteiger partial charge in [0.2, 0.25) is 0 Å². The molecule has 2 heterocycles. The van der Waals surface area contributed by atoms with Gasteiger partial charge in [0.05, 0.1) is 13.2 Å². The number of hydrogen-bond acceptors (Lipinski definition) is 2.